The van der Waals surface area contributed by atoms with Crippen LogP contribution in [0, 0.1) is 0 Å². The van der Waals surface area contributed by atoms with E-state index in [-0.39, 0.29) is 0 Å². The molecule has 0 aliphatic carbocycles. The van der Waals surface area contributed by atoms with Crippen LogP contribution in [0.4, 0.5) is 0 Å². The maximum Gasteiger partial charge on any atom is 0.0900 e. The Morgan fingerprint density at radius 2 is 1.90 bits per heavy atom. The Hall–Kier alpha value is -0.900. The van der Waals surface area contributed by atoms with Crippen molar-refractivity contribution >= 4 is 0 Å². The quantitative estimate of drug-likeness (QED) is 0.678. The van der Waals surface area contributed by atoms with Gasteiger partial charge in [0.15, 0.2) is 0 Å². The second-order valence-corrected chi connectivity index (χ2v) is 5.76. The van der Waals surface area contributed by atoms with Gasteiger partial charge in [0.1, 0.15) is 0 Å². The Labute approximate surface area is 129 Å². The first-order chi connectivity index (χ1) is 10.2. The Bertz CT molecular complexity index is 355. The zero-order chi connectivity index (χ0) is 15.5. The highest BCUT2D eigenvalue weighted by Crippen LogP contribution is 2.08. The molecule has 1 aromatic rings. The molecule has 0 saturated heterocycles. The highest BCUT2D eigenvalue weighted by Gasteiger charge is 2.16. The lowest BCUT2D eigenvalue weighted by Gasteiger charge is -2.30. The summed E-state index contributed by atoms with van der Waals surface area (Å²) in [5.41, 5.74) is 1.15. The van der Waals surface area contributed by atoms with Crippen molar-refractivity contribution < 1.29 is 9.84 Å². The van der Waals surface area contributed by atoms with Crippen LogP contribution in [0.25, 0.3) is 0 Å². The highest BCUT2D eigenvalue weighted by molar-refractivity contribution is 5.13. The van der Waals surface area contributed by atoms with Crippen LogP contribution in [0.2, 0.25) is 0 Å². The first-order valence-corrected chi connectivity index (χ1v) is 8.21. The van der Waals surface area contributed by atoms with Gasteiger partial charge < -0.3 is 9.84 Å². The van der Waals surface area contributed by atoms with Crippen LogP contribution in [0.3, 0.4) is 0 Å². The normalized spacial score (nSPS) is 14.3. The molecule has 0 heterocycles. The third-order valence-electron chi connectivity index (χ3n) is 3.88. The monoisotopic (exact) mass is 293 g/mol. The van der Waals surface area contributed by atoms with Gasteiger partial charge in [0.25, 0.3) is 0 Å². The van der Waals surface area contributed by atoms with Crippen molar-refractivity contribution in [1.82, 2.24) is 4.90 Å². The summed E-state index contributed by atoms with van der Waals surface area (Å²) >= 11 is 0. The van der Waals surface area contributed by atoms with Crippen molar-refractivity contribution in [3.05, 3.63) is 35.9 Å². The van der Waals surface area contributed by atoms with Gasteiger partial charge in [0.05, 0.1) is 19.3 Å². The molecule has 2 atom stereocenters. The summed E-state index contributed by atoms with van der Waals surface area (Å²) in [6.07, 6.45) is 3.07. The van der Waals surface area contributed by atoms with E-state index in [1.807, 2.05) is 30.3 Å². The number of aliphatic hydroxyl groups is 1. The first kappa shape index (κ1) is 18.1. The molecule has 1 rings (SSSR count). The lowest BCUT2D eigenvalue weighted by atomic mass is 10.1. The molecular weight excluding hydrogens is 262 g/mol. The van der Waals surface area contributed by atoms with Crippen molar-refractivity contribution in [2.24, 2.45) is 0 Å². The molecule has 21 heavy (non-hydrogen) atoms. The van der Waals surface area contributed by atoms with Crippen LogP contribution >= 0.6 is 0 Å². The van der Waals surface area contributed by atoms with E-state index in [2.05, 4.69) is 25.7 Å². The van der Waals surface area contributed by atoms with Crippen LogP contribution in [-0.4, -0.2) is 41.8 Å². The van der Waals surface area contributed by atoms with Gasteiger partial charge in [-0.05, 0) is 31.9 Å². The zero-order valence-corrected chi connectivity index (χ0v) is 13.8. The standard InChI is InChI=1S/C18H31NO2/c1-4-6-12-19(16(3)5-2)13-18(20)15-21-14-17-10-8-7-9-11-17/h7-11,16,18,20H,4-6,12-15H2,1-3H3/t16-,18-/m0/s1. The molecule has 0 amide bonds. The van der Waals surface area contributed by atoms with Gasteiger partial charge in [-0.1, -0.05) is 50.6 Å². The number of nitrogens with zero attached hydrogens (tertiary/aromatic N) is 1. The molecule has 3 nitrogen and oxygen atoms in total. The molecule has 0 fully saturated rings. The van der Waals surface area contributed by atoms with E-state index >= 15 is 0 Å². The molecule has 3 heteroatoms. The third kappa shape index (κ3) is 7.60. The molecule has 120 valence electrons. The van der Waals surface area contributed by atoms with Gasteiger partial charge in [-0.2, -0.15) is 0 Å². The van der Waals surface area contributed by atoms with E-state index in [0.717, 1.165) is 18.5 Å². The Kier molecular flexibility index (Phi) is 9.31. The number of benzene rings is 1. The number of aliphatic hydroxyl groups excluding tert-OH is 1. The molecule has 0 unspecified atom stereocenters. The van der Waals surface area contributed by atoms with Crippen LogP contribution in [-0.2, 0) is 11.3 Å². The van der Waals surface area contributed by atoms with Gasteiger partial charge >= 0.3 is 0 Å². The van der Waals surface area contributed by atoms with Crippen molar-refractivity contribution in [2.75, 3.05) is 19.7 Å². The number of rotatable bonds is 11. The van der Waals surface area contributed by atoms with Gasteiger partial charge in [-0.15, -0.1) is 0 Å². The second-order valence-electron chi connectivity index (χ2n) is 5.76. The van der Waals surface area contributed by atoms with E-state index in [1.165, 1.54) is 12.8 Å². The average Bonchev–Trinajstić information content (AvgIpc) is 2.51. The largest absolute Gasteiger partial charge is 0.389 e. The maximum atomic E-state index is 10.2. The van der Waals surface area contributed by atoms with Gasteiger partial charge in [0.2, 0.25) is 0 Å². The minimum absolute atomic E-state index is 0.397. The van der Waals surface area contributed by atoms with Crippen molar-refractivity contribution in [3.63, 3.8) is 0 Å². The smallest absolute Gasteiger partial charge is 0.0900 e. The molecule has 1 N–H and O–H groups in total. The van der Waals surface area contributed by atoms with Crippen molar-refractivity contribution in [3.8, 4) is 0 Å². The average molecular weight is 293 g/mol. The number of unbranched alkanes of at least 4 members (excludes halogenated alkanes) is 1. The van der Waals surface area contributed by atoms with Crippen LogP contribution < -0.4 is 0 Å². The summed E-state index contributed by atoms with van der Waals surface area (Å²) in [5, 5.41) is 10.2. The van der Waals surface area contributed by atoms with Crippen LogP contribution in [0.15, 0.2) is 30.3 Å². The molecule has 0 saturated carbocycles. The molecule has 1 aromatic carbocycles. The Balaban J connectivity index is 2.30. The summed E-state index contributed by atoms with van der Waals surface area (Å²) < 4.78 is 5.62. The molecule has 0 aliphatic rings. The van der Waals surface area contributed by atoms with E-state index in [9.17, 15) is 5.11 Å². The summed E-state index contributed by atoms with van der Waals surface area (Å²) in [6.45, 7) is 9.35. The SMILES string of the molecule is CCCCN(C[C@H](O)COCc1ccccc1)[C@@H](C)CC. The maximum absolute atomic E-state index is 10.2. The third-order valence-corrected chi connectivity index (χ3v) is 3.88. The van der Waals surface area contributed by atoms with E-state index < -0.39 is 6.10 Å². The summed E-state index contributed by atoms with van der Waals surface area (Å²) in [7, 11) is 0. The van der Waals surface area contributed by atoms with Crippen molar-refractivity contribution in [1.29, 1.82) is 0 Å². The Morgan fingerprint density at radius 3 is 2.52 bits per heavy atom. The summed E-state index contributed by atoms with van der Waals surface area (Å²) in [5.74, 6) is 0. The zero-order valence-electron chi connectivity index (χ0n) is 13.8. The lowest BCUT2D eigenvalue weighted by Crippen LogP contribution is -2.40. The topological polar surface area (TPSA) is 32.7 Å². The Morgan fingerprint density at radius 1 is 1.19 bits per heavy atom. The van der Waals surface area contributed by atoms with Crippen LogP contribution in [0.5, 0.6) is 0 Å². The number of hydrogen-bond donors (Lipinski definition) is 1. The van der Waals surface area contributed by atoms with E-state index in [1.54, 1.807) is 0 Å². The van der Waals surface area contributed by atoms with E-state index in [0.29, 0.717) is 25.8 Å². The van der Waals surface area contributed by atoms with Crippen molar-refractivity contribution in [2.45, 2.75) is 58.8 Å². The fourth-order valence-corrected chi connectivity index (χ4v) is 2.32. The minimum Gasteiger partial charge on any atom is -0.389 e. The molecule has 0 spiro atoms. The lowest BCUT2D eigenvalue weighted by molar-refractivity contribution is 0.00302. The summed E-state index contributed by atoms with van der Waals surface area (Å²) in [6, 6.07) is 10.6. The molecular formula is C18H31NO2. The predicted octanol–water partition coefficient (Wildman–Crippen LogP) is 3.46. The van der Waals surface area contributed by atoms with Gasteiger partial charge in [-0.3, -0.25) is 4.90 Å². The predicted molar refractivity (Wildman–Crippen MR) is 88.3 cm³/mol. The molecule has 0 bridgehead atoms. The molecule has 0 aliphatic heterocycles. The first-order valence-electron chi connectivity index (χ1n) is 8.21. The number of ether oxygens (including phenoxy) is 1. The van der Waals surface area contributed by atoms with Gasteiger partial charge in [-0.25, -0.2) is 0 Å². The van der Waals surface area contributed by atoms with Crippen LogP contribution in [0.1, 0.15) is 45.6 Å². The highest BCUT2D eigenvalue weighted by atomic mass is 16.5. The minimum atomic E-state index is -0.417. The fourth-order valence-electron chi connectivity index (χ4n) is 2.32. The molecule has 0 radical (unpaired) electrons. The van der Waals surface area contributed by atoms with E-state index in [4.69, 9.17) is 4.74 Å². The summed E-state index contributed by atoms with van der Waals surface area (Å²) in [4.78, 5) is 2.38. The fraction of sp³-hybridized carbons (Fsp3) is 0.667. The number of hydrogen-bond acceptors (Lipinski definition) is 3. The second kappa shape index (κ2) is 10.8. The molecule has 0 aromatic heterocycles. The van der Waals surface area contributed by atoms with Gasteiger partial charge in [0, 0.05) is 12.6 Å².